The molecule has 2 heterocycles. The Balaban J connectivity index is 1.40. The van der Waals surface area contributed by atoms with Crippen LogP contribution in [0.15, 0.2) is 91.0 Å². The topological polar surface area (TPSA) is 66.4 Å². The fourth-order valence-corrected chi connectivity index (χ4v) is 4.53. The Bertz CT molecular complexity index is 1010. The van der Waals surface area contributed by atoms with Gasteiger partial charge in [0.1, 0.15) is 23.9 Å². The Labute approximate surface area is 200 Å². The monoisotopic (exact) mass is 462 g/mol. The molecule has 5 atom stereocenters. The predicted molar refractivity (Wildman–Crippen MR) is 126 cm³/mol. The maximum atomic E-state index is 10.4. The molecule has 2 saturated heterocycles. The maximum absolute atomic E-state index is 10.4. The first-order valence-electron chi connectivity index (χ1n) is 11.6. The van der Waals surface area contributed by atoms with Gasteiger partial charge in [0.15, 0.2) is 6.29 Å². The number of benzene rings is 3. The Morgan fingerprint density at radius 1 is 0.676 bits per heavy atom. The van der Waals surface area contributed by atoms with Crippen LogP contribution in [0.2, 0.25) is 0 Å². The Kier molecular flexibility index (Phi) is 7.35. The van der Waals surface area contributed by atoms with Crippen LogP contribution in [0.3, 0.4) is 0 Å². The van der Waals surface area contributed by atoms with E-state index >= 15 is 0 Å². The quantitative estimate of drug-likeness (QED) is 0.494. The highest BCUT2D eigenvalue weighted by Crippen LogP contribution is 2.41. The van der Waals surface area contributed by atoms with Crippen LogP contribution in [0.1, 0.15) is 16.7 Å². The molecule has 2 aliphatic heterocycles. The second-order valence-electron chi connectivity index (χ2n) is 8.76. The molecular weight excluding hydrogens is 432 g/mol. The van der Waals surface area contributed by atoms with E-state index in [0.717, 1.165) is 16.7 Å². The summed E-state index contributed by atoms with van der Waals surface area (Å²) < 4.78 is 31.4. The predicted octanol–water partition coefficient (Wildman–Crippen LogP) is 3.86. The Hall–Kier alpha value is -2.58. The van der Waals surface area contributed by atoms with Crippen molar-refractivity contribution in [2.45, 2.75) is 50.0 Å². The molecule has 34 heavy (non-hydrogen) atoms. The molecule has 3 aromatic rings. The van der Waals surface area contributed by atoms with Crippen molar-refractivity contribution >= 4 is 0 Å². The van der Waals surface area contributed by atoms with Gasteiger partial charge in [0, 0.05) is 0 Å². The van der Waals surface area contributed by atoms with Crippen LogP contribution in [0.25, 0.3) is 0 Å². The molecule has 1 N–H and O–H groups in total. The van der Waals surface area contributed by atoms with E-state index in [9.17, 15) is 5.11 Å². The minimum Gasteiger partial charge on any atom is -0.393 e. The van der Waals surface area contributed by atoms with Gasteiger partial charge in [0.2, 0.25) is 0 Å². The van der Waals surface area contributed by atoms with Gasteiger partial charge in [0.25, 0.3) is 0 Å². The van der Waals surface area contributed by atoms with Gasteiger partial charge in [-0.3, -0.25) is 0 Å². The van der Waals surface area contributed by atoms with Gasteiger partial charge < -0.3 is 28.8 Å². The van der Waals surface area contributed by atoms with Crippen molar-refractivity contribution in [1.82, 2.24) is 0 Å². The first-order chi connectivity index (χ1) is 16.8. The lowest BCUT2D eigenvalue weighted by molar-refractivity contribution is -0.299. The van der Waals surface area contributed by atoms with Gasteiger partial charge in [-0.25, -0.2) is 0 Å². The summed E-state index contributed by atoms with van der Waals surface area (Å²) in [6.07, 6.45) is -2.25. The van der Waals surface area contributed by atoms with E-state index in [0.29, 0.717) is 19.8 Å². The van der Waals surface area contributed by atoms with E-state index in [1.165, 1.54) is 0 Å². The summed E-state index contributed by atoms with van der Waals surface area (Å²) in [4.78, 5) is 0. The van der Waals surface area contributed by atoms with Crippen LogP contribution in [0.5, 0.6) is 0 Å². The lowest BCUT2D eigenvalue weighted by Gasteiger charge is -2.45. The summed E-state index contributed by atoms with van der Waals surface area (Å²) in [5.41, 5.74) is 2.11. The minimum absolute atomic E-state index is 0.212. The maximum Gasteiger partial charge on any atom is 0.187 e. The molecule has 5 rings (SSSR count). The molecule has 2 bridgehead atoms. The summed E-state index contributed by atoms with van der Waals surface area (Å²) >= 11 is 0. The number of hydrogen-bond donors (Lipinski definition) is 1. The average Bonchev–Trinajstić information content (AvgIpc) is 3.29. The number of aliphatic hydroxyl groups excluding tert-OH is 1. The van der Waals surface area contributed by atoms with Crippen molar-refractivity contribution in [3.8, 4) is 0 Å². The lowest BCUT2D eigenvalue weighted by Crippen LogP contribution is -2.64. The number of rotatable bonds is 10. The zero-order chi connectivity index (χ0) is 23.2. The van der Waals surface area contributed by atoms with Crippen LogP contribution in [0.4, 0.5) is 0 Å². The molecule has 6 heteroatoms. The standard InChI is InChI=1S/C28H30O6/c29-19-28-20-33-27(34-28)25(31-17-22-12-6-2-7-13-22)24(30-16-21-10-4-1-5-11-21)26(28)32-18-23-14-8-3-9-15-23/h1-15,24-27,29H,16-20H2. The molecule has 0 aromatic heterocycles. The molecule has 178 valence electrons. The van der Waals surface area contributed by atoms with Gasteiger partial charge in [-0.15, -0.1) is 0 Å². The molecule has 6 nitrogen and oxygen atoms in total. The molecule has 0 spiro atoms. The third-order valence-electron chi connectivity index (χ3n) is 6.36. The highest BCUT2D eigenvalue weighted by molar-refractivity contribution is 5.16. The molecule has 3 aromatic carbocycles. The second kappa shape index (κ2) is 10.8. The zero-order valence-electron chi connectivity index (χ0n) is 19.0. The fraction of sp³-hybridized carbons (Fsp3) is 0.357. The summed E-state index contributed by atoms with van der Waals surface area (Å²) in [5.74, 6) is 0. The summed E-state index contributed by atoms with van der Waals surface area (Å²) in [5, 5.41) is 10.4. The van der Waals surface area contributed by atoms with Crippen molar-refractivity contribution in [3.63, 3.8) is 0 Å². The first-order valence-corrected chi connectivity index (χ1v) is 11.6. The first kappa shape index (κ1) is 23.2. The van der Waals surface area contributed by atoms with Crippen molar-refractivity contribution in [3.05, 3.63) is 108 Å². The number of fused-ring (bicyclic) bond motifs is 2. The molecule has 2 aliphatic rings. The number of ether oxygens (including phenoxy) is 5. The molecular formula is C28H30O6. The second-order valence-corrected chi connectivity index (χ2v) is 8.76. The third-order valence-corrected chi connectivity index (χ3v) is 6.36. The fourth-order valence-electron chi connectivity index (χ4n) is 4.53. The van der Waals surface area contributed by atoms with E-state index in [1.54, 1.807) is 0 Å². The van der Waals surface area contributed by atoms with Gasteiger partial charge in [0.05, 0.1) is 33.0 Å². The van der Waals surface area contributed by atoms with Gasteiger partial charge in [-0.2, -0.15) is 0 Å². The molecule has 0 radical (unpaired) electrons. The van der Waals surface area contributed by atoms with E-state index < -0.39 is 30.2 Å². The highest BCUT2D eigenvalue weighted by atomic mass is 16.8. The summed E-state index contributed by atoms with van der Waals surface area (Å²) in [6.45, 7) is 1.11. The summed E-state index contributed by atoms with van der Waals surface area (Å²) in [7, 11) is 0. The average molecular weight is 463 g/mol. The number of hydrogen-bond acceptors (Lipinski definition) is 6. The largest absolute Gasteiger partial charge is 0.393 e. The molecule has 0 amide bonds. The smallest absolute Gasteiger partial charge is 0.187 e. The van der Waals surface area contributed by atoms with Crippen LogP contribution in [0, 0.1) is 0 Å². The lowest BCUT2D eigenvalue weighted by atomic mass is 9.88. The molecule has 5 unspecified atom stereocenters. The SMILES string of the molecule is OCC12COC(O1)C(OCc1ccccc1)C(OCc1ccccc1)C2OCc1ccccc1. The third kappa shape index (κ3) is 5.08. The summed E-state index contributed by atoms with van der Waals surface area (Å²) in [6, 6.07) is 29.9. The normalized spacial score (nSPS) is 28.1. The molecule has 0 aliphatic carbocycles. The highest BCUT2D eigenvalue weighted by Gasteiger charge is 2.61. The molecule has 2 fully saturated rings. The van der Waals surface area contributed by atoms with Crippen molar-refractivity contribution in [2.24, 2.45) is 0 Å². The van der Waals surface area contributed by atoms with Crippen LogP contribution in [-0.2, 0) is 43.5 Å². The van der Waals surface area contributed by atoms with Crippen LogP contribution >= 0.6 is 0 Å². The Morgan fingerprint density at radius 3 is 1.65 bits per heavy atom. The van der Waals surface area contributed by atoms with Crippen LogP contribution < -0.4 is 0 Å². The van der Waals surface area contributed by atoms with Crippen molar-refractivity contribution in [1.29, 1.82) is 0 Å². The number of aliphatic hydroxyl groups is 1. The van der Waals surface area contributed by atoms with Gasteiger partial charge >= 0.3 is 0 Å². The van der Waals surface area contributed by atoms with Crippen LogP contribution in [-0.4, -0.2) is 48.5 Å². The van der Waals surface area contributed by atoms with Gasteiger partial charge in [-0.1, -0.05) is 91.0 Å². The zero-order valence-corrected chi connectivity index (χ0v) is 19.0. The van der Waals surface area contributed by atoms with E-state index in [-0.39, 0.29) is 13.2 Å². The van der Waals surface area contributed by atoms with Gasteiger partial charge in [-0.05, 0) is 16.7 Å². The Morgan fingerprint density at radius 2 is 1.15 bits per heavy atom. The van der Waals surface area contributed by atoms with E-state index in [4.69, 9.17) is 23.7 Å². The van der Waals surface area contributed by atoms with Crippen molar-refractivity contribution < 1.29 is 28.8 Å². The van der Waals surface area contributed by atoms with E-state index in [1.807, 2.05) is 91.0 Å². The minimum atomic E-state index is -1.01. The van der Waals surface area contributed by atoms with E-state index in [2.05, 4.69) is 0 Å². The molecule has 0 saturated carbocycles. The van der Waals surface area contributed by atoms with Crippen molar-refractivity contribution in [2.75, 3.05) is 13.2 Å².